The number of hydrogen-bond acceptors (Lipinski definition) is 3. The largest absolute Gasteiger partial charge is 0.496 e. The molecule has 106 valence electrons. The first-order chi connectivity index (χ1) is 8.84. The fourth-order valence-corrected chi connectivity index (χ4v) is 2.53. The highest BCUT2D eigenvalue weighted by atomic mass is 16.5. The van der Waals surface area contributed by atoms with Crippen LogP contribution in [0.1, 0.15) is 41.6 Å². The molecule has 0 fully saturated rings. The number of ether oxygens (including phenoxy) is 1. The van der Waals surface area contributed by atoms with Crippen LogP contribution in [0.2, 0.25) is 0 Å². The first kappa shape index (κ1) is 15.5. The van der Waals surface area contributed by atoms with Gasteiger partial charge >= 0.3 is 5.97 Å². The molecule has 2 atom stereocenters. The summed E-state index contributed by atoms with van der Waals surface area (Å²) in [4.78, 5) is 11.3. The Morgan fingerprint density at radius 1 is 1.37 bits per heavy atom. The lowest BCUT2D eigenvalue weighted by Gasteiger charge is -2.25. The fraction of sp³-hybridized carbons (Fsp3) is 0.533. The minimum absolute atomic E-state index is 0.492. The molecular formula is C15H23NO3. The summed E-state index contributed by atoms with van der Waals surface area (Å²) < 4.78 is 5.46. The van der Waals surface area contributed by atoms with Gasteiger partial charge in [0.05, 0.1) is 13.0 Å². The van der Waals surface area contributed by atoms with Gasteiger partial charge in [-0.3, -0.25) is 4.79 Å². The molecule has 1 rings (SSSR count). The molecule has 0 radical (unpaired) electrons. The lowest BCUT2D eigenvalue weighted by molar-refractivity contribution is -0.142. The average molecular weight is 265 g/mol. The van der Waals surface area contributed by atoms with Crippen LogP contribution in [0.3, 0.4) is 0 Å². The highest BCUT2D eigenvalue weighted by molar-refractivity contribution is 5.72. The van der Waals surface area contributed by atoms with Crippen molar-refractivity contribution >= 4 is 5.97 Å². The Labute approximate surface area is 114 Å². The summed E-state index contributed by atoms with van der Waals surface area (Å²) in [7, 11) is 1.60. The average Bonchev–Trinajstić information content (AvgIpc) is 2.33. The Kier molecular flexibility index (Phi) is 4.95. The van der Waals surface area contributed by atoms with Crippen molar-refractivity contribution in [2.75, 3.05) is 7.11 Å². The molecule has 0 aliphatic heterocycles. The maximum absolute atomic E-state index is 11.3. The summed E-state index contributed by atoms with van der Waals surface area (Å²) >= 11 is 0. The number of nitrogens with two attached hydrogens (primary N) is 1. The van der Waals surface area contributed by atoms with Crippen LogP contribution >= 0.6 is 0 Å². The van der Waals surface area contributed by atoms with Crippen molar-refractivity contribution < 1.29 is 14.6 Å². The highest BCUT2D eigenvalue weighted by Crippen LogP contribution is 2.36. The van der Waals surface area contributed by atoms with Crippen LogP contribution in [0.4, 0.5) is 0 Å². The van der Waals surface area contributed by atoms with Crippen molar-refractivity contribution in [3.63, 3.8) is 0 Å². The molecule has 0 spiro atoms. The Morgan fingerprint density at radius 2 is 1.95 bits per heavy atom. The van der Waals surface area contributed by atoms with Gasteiger partial charge in [-0.2, -0.15) is 0 Å². The summed E-state index contributed by atoms with van der Waals surface area (Å²) in [5, 5.41) is 9.26. The van der Waals surface area contributed by atoms with Crippen molar-refractivity contribution in [3.8, 4) is 5.75 Å². The summed E-state index contributed by atoms with van der Waals surface area (Å²) in [5.41, 5.74) is 10.1. The molecule has 0 saturated heterocycles. The van der Waals surface area contributed by atoms with Crippen LogP contribution in [0, 0.1) is 26.7 Å². The van der Waals surface area contributed by atoms with Gasteiger partial charge in [-0.1, -0.05) is 13.0 Å². The molecule has 0 aromatic heterocycles. The van der Waals surface area contributed by atoms with Crippen molar-refractivity contribution in [2.24, 2.45) is 11.7 Å². The predicted octanol–water partition coefficient (Wildman–Crippen LogP) is 2.73. The van der Waals surface area contributed by atoms with Crippen LogP contribution in [-0.2, 0) is 4.79 Å². The molecule has 0 saturated carbocycles. The van der Waals surface area contributed by atoms with Crippen LogP contribution in [0.25, 0.3) is 0 Å². The van der Waals surface area contributed by atoms with E-state index in [2.05, 4.69) is 0 Å². The number of hydrogen-bond donors (Lipinski definition) is 2. The third kappa shape index (κ3) is 2.89. The van der Waals surface area contributed by atoms with Gasteiger partial charge in [0, 0.05) is 11.6 Å². The molecule has 19 heavy (non-hydrogen) atoms. The molecule has 0 heterocycles. The monoisotopic (exact) mass is 265 g/mol. The zero-order valence-electron chi connectivity index (χ0n) is 12.3. The van der Waals surface area contributed by atoms with E-state index in [4.69, 9.17) is 10.5 Å². The van der Waals surface area contributed by atoms with Crippen LogP contribution in [0.5, 0.6) is 5.75 Å². The SMILES string of the molecule is CCC(C(=O)O)C(N)c1c(C)cc(C)c(C)c1OC. The molecule has 3 N–H and O–H groups in total. The fourth-order valence-electron chi connectivity index (χ4n) is 2.53. The van der Waals surface area contributed by atoms with Gasteiger partial charge in [-0.05, 0) is 43.9 Å². The van der Waals surface area contributed by atoms with Crippen molar-refractivity contribution in [1.82, 2.24) is 0 Å². The second-order valence-electron chi connectivity index (χ2n) is 4.96. The topological polar surface area (TPSA) is 72.5 Å². The van der Waals surface area contributed by atoms with Gasteiger partial charge in [0.25, 0.3) is 0 Å². The van der Waals surface area contributed by atoms with Crippen LogP contribution in [-0.4, -0.2) is 18.2 Å². The zero-order valence-corrected chi connectivity index (χ0v) is 12.3. The Balaban J connectivity index is 3.41. The summed E-state index contributed by atoms with van der Waals surface area (Å²) in [5.74, 6) is -0.755. The molecular weight excluding hydrogens is 242 g/mol. The predicted molar refractivity (Wildman–Crippen MR) is 75.6 cm³/mol. The quantitative estimate of drug-likeness (QED) is 0.858. The van der Waals surface area contributed by atoms with Crippen LogP contribution < -0.4 is 10.5 Å². The minimum Gasteiger partial charge on any atom is -0.496 e. The second kappa shape index (κ2) is 6.06. The van der Waals surface area contributed by atoms with E-state index in [0.717, 1.165) is 22.3 Å². The molecule has 0 aliphatic carbocycles. The number of carboxylic acid groups (broad SMARTS) is 1. The van der Waals surface area contributed by atoms with E-state index in [0.29, 0.717) is 12.2 Å². The summed E-state index contributed by atoms with van der Waals surface area (Å²) in [6.45, 7) is 7.75. The first-order valence-corrected chi connectivity index (χ1v) is 6.48. The number of methoxy groups -OCH3 is 1. The van der Waals surface area contributed by atoms with E-state index in [1.165, 1.54) is 0 Å². The standard InChI is InChI=1S/C15H23NO3/c1-6-11(15(17)18)13(16)12-9(3)7-8(2)10(4)14(12)19-5/h7,11,13H,6,16H2,1-5H3,(H,17,18). The van der Waals surface area contributed by atoms with E-state index in [1.54, 1.807) is 7.11 Å². The Bertz CT molecular complexity index is 483. The Hall–Kier alpha value is -1.55. The van der Waals surface area contributed by atoms with E-state index >= 15 is 0 Å². The van der Waals surface area contributed by atoms with Gasteiger partial charge in [0.15, 0.2) is 0 Å². The molecule has 4 heteroatoms. The number of carboxylic acids is 1. The van der Waals surface area contributed by atoms with Gasteiger partial charge in [0.1, 0.15) is 5.75 Å². The van der Waals surface area contributed by atoms with E-state index in [9.17, 15) is 9.90 Å². The third-order valence-electron chi connectivity index (χ3n) is 3.76. The number of carbonyl (C=O) groups is 1. The number of rotatable bonds is 5. The molecule has 0 bridgehead atoms. The number of aryl methyl sites for hydroxylation is 2. The van der Waals surface area contributed by atoms with Gasteiger partial charge < -0.3 is 15.6 Å². The smallest absolute Gasteiger partial charge is 0.308 e. The van der Waals surface area contributed by atoms with E-state index < -0.39 is 17.9 Å². The lowest BCUT2D eigenvalue weighted by Crippen LogP contribution is -2.29. The molecule has 0 aliphatic rings. The Morgan fingerprint density at radius 3 is 2.37 bits per heavy atom. The third-order valence-corrected chi connectivity index (χ3v) is 3.76. The minimum atomic E-state index is -0.866. The molecule has 4 nitrogen and oxygen atoms in total. The molecule has 0 amide bonds. The van der Waals surface area contributed by atoms with Crippen molar-refractivity contribution in [3.05, 3.63) is 28.3 Å². The molecule has 1 aromatic carbocycles. The first-order valence-electron chi connectivity index (χ1n) is 6.48. The summed E-state index contributed by atoms with van der Waals surface area (Å²) in [6, 6.07) is 1.47. The molecule has 1 aromatic rings. The second-order valence-corrected chi connectivity index (χ2v) is 4.96. The normalized spacial score (nSPS) is 14.0. The van der Waals surface area contributed by atoms with Crippen molar-refractivity contribution in [2.45, 2.75) is 40.2 Å². The summed E-state index contributed by atoms with van der Waals surface area (Å²) in [6.07, 6.45) is 0.492. The van der Waals surface area contributed by atoms with E-state index in [-0.39, 0.29) is 0 Å². The zero-order chi connectivity index (χ0) is 14.7. The maximum Gasteiger partial charge on any atom is 0.308 e. The highest BCUT2D eigenvalue weighted by Gasteiger charge is 2.29. The van der Waals surface area contributed by atoms with Crippen LogP contribution in [0.15, 0.2) is 6.07 Å². The van der Waals surface area contributed by atoms with Gasteiger partial charge in [-0.25, -0.2) is 0 Å². The molecule has 2 unspecified atom stereocenters. The lowest BCUT2D eigenvalue weighted by atomic mass is 9.86. The number of benzene rings is 1. The number of aliphatic carboxylic acids is 1. The van der Waals surface area contributed by atoms with Crippen molar-refractivity contribution in [1.29, 1.82) is 0 Å². The maximum atomic E-state index is 11.3. The van der Waals surface area contributed by atoms with E-state index in [1.807, 2.05) is 33.8 Å². The van der Waals surface area contributed by atoms with Gasteiger partial charge in [0.2, 0.25) is 0 Å². The van der Waals surface area contributed by atoms with Gasteiger partial charge in [-0.15, -0.1) is 0 Å².